The lowest BCUT2D eigenvalue weighted by Gasteiger charge is -2.18. The monoisotopic (exact) mass is 355 g/mol. The summed E-state index contributed by atoms with van der Waals surface area (Å²) in [7, 11) is 4.61. The molecule has 0 amide bonds. The number of nitrogens with one attached hydrogen (secondary N) is 2. The predicted molar refractivity (Wildman–Crippen MR) is 103 cm³/mol. The first-order valence-corrected chi connectivity index (χ1v) is 8.36. The van der Waals surface area contributed by atoms with Crippen molar-refractivity contribution in [2.75, 3.05) is 21.3 Å². The van der Waals surface area contributed by atoms with Crippen LogP contribution >= 0.6 is 0 Å². The molecule has 6 heteroatoms. The van der Waals surface area contributed by atoms with Crippen LogP contribution in [0, 0.1) is 0 Å². The number of aliphatic imine (C=N–C) groups is 1. The molecule has 0 heterocycles. The summed E-state index contributed by atoms with van der Waals surface area (Å²) in [6, 6.07) is 15.7. The summed E-state index contributed by atoms with van der Waals surface area (Å²) in [5.74, 6) is 0.754. The fraction of sp³-hybridized carbons (Fsp3) is 0.300. The van der Waals surface area contributed by atoms with Gasteiger partial charge in [0.2, 0.25) is 0 Å². The van der Waals surface area contributed by atoms with Gasteiger partial charge < -0.3 is 20.1 Å². The minimum Gasteiger partial charge on any atom is -0.496 e. The van der Waals surface area contributed by atoms with Crippen LogP contribution in [0.2, 0.25) is 0 Å². The Morgan fingerprint density at radius 2 is 1.88 bits per heavy atom. The zero-order valence-corrected chi connectivity index (χ0v) is 15.6. The van der Waals surface area contributed by atoms with Gasteiger partial charge in [-0.2, -0.15) is 0 Å². The molecule has 2 aromatic rings. The first-order chi connectivity index (χ1) is 12.6. The summed E-state index contributed by atoms with van der Waals surface area (Å²) in [5.41, 5.74) is 2.54. The topological polar surface area (TPSA) is 72.0 Å². The number of guanidine groups is 1. The third-order valence-electron chi connectivity index (χ3n) is 4.01. The lowest BCUT2D eigenvalue weighted by Crippen LogP contribution is -2.38. The molecule has 0 aliphatic rings. The lowest BCUT2D eigenvalue weighted by molar-refractivity contribution is 0.0597. The van der Waals surface area contributed by atoms with Crippen LogP contribution in [-0.4, -0.2) is 33.2 Å². The molecule has 1 unspecified atom stereocenters. The predicted octanol–water partition coefficient (Wildman–Crippen LogP) is 2.91. The second-order valence-electron chi connectivity index (χ2n) is 5.73. The third-order valence-corrected chi connectivity index (χ3v) is 4.01. The molecule has 0 radical (unpaired) electrons. The summed E-state index contributed by atoms with van der Waals surface area (Å²) in [4.78, 5) is 16.0. The molecule has 138 valence electrons. The van der Waals surface area contributed by atoms with E-state index in [1.54, 1.807) is 13.1 Å². The van der Waals surface area contributed by atoms with Gasteiger partial charge in [-0.3, -0.25) is 4.99 Å². The van der Waals surface area contributed by atoms with E-state index in [1.807, 2.05) is 30.3 Å². The van der Waals surface area contributed by atoms with E-state index in [2.05, 4.69) is 34.7 Å². The molecule has 0 bridgehead atoms. The first kappa shape index (κ1) is 19.3. The Kier molecular flexibility index (Phi) is 7.02. The van der Waals surface area contributed by atoms with Crippen molar-refractivity contribution in [1.29, 1.82) is 0 Å². The van der Waals surface area contributed by atoms with Crippen molar-refractivity contribution in [1.82, 2.24) is 10.6 Å². The molecule has 2 rings (SSSR count). The van der Waals surface area contributed by atoms with Gasteiger partial charge in [0.1, 0.15) is 11.3 Å². The number of benzene rings is 2. The van der Waals surface area contributed by atoms with Crippen LogP contribution in [-0.2, 0) is 11.3 Å². The molecule has 0 aromatic heterocycles. The van der Waals surface area contributed by atoms with Crippen LogP contribution in [0.25, 0.3) is 0 Å². The number of methoxy groups -OCH3 is 2. The van der Waals surface area contributed by atoms with Gasteiger partial charge in [0.25, 0.3) is 0 Å². The first-order valence-electron chi connectivity index (χ1n) is 8.36. The van der Waals surface area contributed by atoms with Crippen LogP contribution in [0.15, 0.2) is 53.5 Å². The van der Waals surface area contributed by atoms with E-state index >= 15 is 0 Å². The number of hydrogen-bond donors (Lipinski definition) is 2. The van der Waals surface area contributed by atoms with Gasteiger partial charge in [-0.15, -0.1) is 0 Å². The standard InChI is InChI=1S/C20H25N3O3/c1-14(16-8-6-5-7-9-16)23-20(21-2)22-13-15-10-11-17(19(24)26-4)18(12-15)25-3/h5-12,14H,13H2,1-4H3,(H2,21,22,23). The summed E-state index contributed by atoms with van der Waals surface area (Å²) in [6.45, 7) is 2.62. The lowest BCUT2D eigenvalue weighted by atomic mass is 10.1. The van der Waals surface area contributed by atoms with Crippen LogP contribution in [0.3, 0.4) is 0 Å². The smallest absolute Gasteiger partial charge is 0.341 e. The summed E-state index contributed by atoms with van der Waals surface area (Å²) < 4.78 is 10.0. The van der Waals surface area contributed by atoms with E-state index in [9.17, 15) is 4.79 Å². The van der Waals surface area contributed by atoms with E-state index in [0.29, 0.717) is 23.8 Å². The van der Waals surface area contributed by atoms with Crippen LogP contribution < -0.4 is 15.4 Å². The molecule has 2 aromatic carbocycles. The molecular weight excluding hydrogens is 330 g/mol. The fourth-order valence-corrected chi connectivity index (χ4v) is 2.53. The molecule has 2 N–H and O–H groups in total. The van der Waals surface area contributed by atoms with Crippen molar-refractivity contribution in [3.8, 4) is 5.75 Å². The molecule has 26 heavy (non-hydrogen) atoms. The molecule has 0 saturated carbocycles. The highest BCUT2D eigenvalue weighted by Crippen LogP contribution is 2.21. The molecule has 0 aliphatic carbocycles. The highest BCUT2D eigenvalue weighted by Gasteiger charge is 2.13. The minimum absolute atomic E-state index is 0.124. The van der Waals surface area contributed by atoms with Crippen LogP contribution in [0.4, 0.5) is 0 Å². The average molecular weight is 355 g/mol. The number of hydrogen-bond acceptors (Lipinski definition) is 4. The maximum absolute atomic E-state index is 11.7. The van der Waals surface area contributed by atoms with Crippen molar-refractivity contribution in [3.63, 3.8) is 0 Å². The number of ether oxygens (including phenoxy) is 2. The second kappa shape index (κ2) is 9.46. The number of nitrogens with zero attached hydrogens (tertiary/aromatic N) is 1. The SMILES string of the molecule is CN=C(NCc1ccc(C(=O)OC)c(OC)c1)NC(C)c1ccccc1. The molecular formula is C20H25N3O3. The normalized spacial score (nSPS) is 12.2. The maximum atomic E-state index is 11.7. The van der Waals surface area contributed by atoms with E-state index < -0.39 is 5.97 Å². The van der Waals surface area contributed by atoms with Gasteiger partial charge >= 0.3 is 5.97 Å². The maximum Gasteiger partial charge on any atom is 0.341 e. The fourth-order valence-electron chi connectivity index (χ4n) is 2.53. The third kappa shape index (κ3) is 4.99. The van der Waals surface area contributed by atoms with Crippen molar-refractivity contribution >= 4 is 11.9 Å². The van der Waals surface area contributed by atoms with Crippen molar-refractivity contribution in [2.45, 2.75) is 19.5 Å². The summed E-state index contributed by atoms with van der Waals surface area (Å²) in [6.07, 6.45) is 0. The Hall–Kier alpha value is -3.02. The zero-order chi connectivity index (χ0) is 18.9. The largest absolute Gasteiger partial charge is 0.496 e. The van der Waals surface area contributed by atoms with Gasteiger partial charge in [-0.1, -0.05) is 36.4 Å². The molecule has 0 saturated heterocycles. The van der Waals surface area contributed by atoms with Gasteiger partial charge in [0, 0.05) is 13.6 Å². The van der Waals surface area contributed by atoms with Crippen molar-refractivity contribution < 1.29 is 14.3 Å². The number of carbonyl (C=O) groups is 1. The Morgan fingerprint density at radius 1 is 1.15 bits per heavy atom. The summed E-state index contributed by atoms with van der Waals surface area (Å²) in [5, 5.41) is 6.62. The van der Waals surface area contributed by atoms with Crippen LogP contribution in [0.5, 0.6) is 5.75 Å². The van der Waals surface area contributed by atoms with Gasteiger partial charge in [-0.25, -0.2) is 4.79 Å². The molecule has 0 fully saturated rings. The van der Waals surface area contributed by atoms with Crippen molar-refractivity contribution in [2.24, 2.45) is 4.99 Å². The summed E-state index contributed by atoms with van der Waals surface area (Å²) >= 11 is 0. The Morgan fingerprint density at radius 3 is 2.50 bits per heavy atom. The zero-order valence-electron chi connectivity index (χ0n) is 15.6. The van der Waals surface area contributed by atoms with Gasteiger partial charge in [0.05, 0.1) is 20.3 Å². The highest BCUT2D eigenvalue weighted by atomic mass is 16.5. The quantitative estimate of drug-likeness (QED) is 0.474. The highest BCUT2D eigenvalue weighted by molar-refractivity contribution is 5.92. The second-order valence-corrected chi connectivity index (χ2v) is 5.73. The molecule has 1 atom stereocenters. The molecule has 0 aliphatic heterocycles. The molecule has 0 spiro atoms. The number of rotatable bonds is 6. The van der Waals surface area contributed by atoms with Gasteiger partial charge in [-0.05, 0) is 30.2 Å². The van der Waals surface area contributed by atoms with Crippen LogP contribution in [0.1, 0.15) is 34.5 Å². The van der Waals surface area contributed by atoms with E-state index in [-0.39, 0.29) is 6.04 Å². The Balaban J connectivity index is 2.01. The Labute approximate surface area is 154 Å². The molecule has 6 nitrogen and oxygen atoms in total. The van der Waals surface area contributed by atoms with E-state index in [0.717, 1.165) is 5.56 Å². The van der Waals surface area contributed by atoms with Gasteiger partial charge in [0.15, 0.2) is 5.96 Å². The Bertz CT molecular complexity index is 760. The van der Waals surface area contributed by atoms with E-state index in [4.69, 9.17) is 9.47 Å². The number of carbonyl (C=O) groups excluding carboxylic acids is 1. The van der Waals surface area contributed by atoms with Crippen molar-refractivity contribution in [3.05, 3.63) is 65.2 Å². The average Bonchev–Trinajstić information content (AvgIpc) is 2.70. The minimum atomic E-state index is -0.421. The van der Waals surface area contributed by atoms with E-state index in [1.165, 1.54) is 19.8 Å². The number of esters is 1.